The molecule has 1 unspecified atom stereocenters. The van der Waals surface area contributed by atoms with Gasteiger partial charge in [0.25, 0.3) is 0 Å². The van der Waals surface area contributed by atoms with Gasteiger partial charge in [-0.2, -0.15) is 0 Å². The van der Waals surface area contributed by atoms with E-state index in [4.69, 9.17) is 0 Å². The second-order valence-corrected chi connectivity index (χ2v) is 6.18. The van der Waals surface area contributed by atoms with Crippen molar-refractivity contribution in [3.63, 3.8) is 0 Å². The Morgan fingerprint density at radius 3 is 2.76 bits per heavy atom. The number of fused-ring (bicyclic) bond motifs is 1. The lowest BCUT2D eigenvalue weighted by atomic mass is 10.3. The van der Waals surface area contributed by atoms with E-state index in [0.29, 0.717) is 5.37 Å². The minimum Gasteiger partial charge on any atom is -0.357 e. The lowest BCUT2D eigenvalue weighted by Gasteiger charge is -2.20. The number of hydrogen-bond donors (Lipinski definition) is 0. The van der Waals surface area contributed by atoms with Gasteiger partial charge in [-0.25, -0.2) is 0 Å². The van der Waals surface area contributed by atoms with Crippen molar-refractivity contribution in [2.24, 2.45) is 0 Å². The Balaban J connectivity index is 1.95. The van der Waals surface area contributed by atoms with Crippen LogP contribution < -0.4 is 4.90 Å². The standard InChI is InChI=1S/C13H11NOS2/c1-14-10-4-2-3-5-11(10)17-13(14)12-7-6-9(8-15)16-12/h2-8,13H,1H3. The Morgan fingerprint density at radius 2 is 2.06 bits per heavy atom. The Labute approximate surface area is 108 Å². The Hall–Kier alpha value is -1.26. The number of carbonyl (C=O) groups excluding carboxylic acids is 1. The highest BCUT2D eigenvalue weighted by atomic mass is 32.2. The molecule has 0 saturated carbocycles. The van der Waals surface area contributed by atoms with Crippen molar-refractivity contribution >= 4 is 35.1 Å². The topological polar surface area (TPSA) is 20.3 Å². The van der Waals surface area contributed by atoms with E-state index in [1.54, 1.807) is 11.3 Å². The number of aldehydes is 1. The third-order valence-corrected chi connectivity index (χ3v) is 5.45. The lowest BCUT2D eigenvalue weighted by molar-refractivity contribution is 0.112. The summed E-state index contributed by atoms with van der Waals surface area (Å²) in [7, 11) is 2.10. The van der Waals surface area contributed by atoms with Crippen molar-refractivity contribution in [1.29, 1.82) is 0 Å². The van der Waals surface area contributed by atoms with Crippen LogP contribution in [0.5, 0.6) is 0 Å². The normalized spacial score (nSPS) is 18.2. The Morgan fingerprint density at radius 1 is 1.24 bits per heavy atom. The number of thioether (sulfide) groups is 1. The molecule has 2 aromatic rings. The van der Waals surface area contributed by atoms with Gasteiger partial charge in [0.1, 0.15) is 5.37 Å². The maximum atomic E-state index is 10.7. The number of para-hydroxylation sites is 1. The molecule has 0 aliphatic carbocycles. The van der Waals surface area contributed by atoms with E-state index < -0.39 is 0 Å². The first kappa shape index (κ1) is 10.9. The third-order valence-electron chi connectivity index (χ3n) is 2.84. The molecular formula is C13H11NOS2. The molecule has 1 atom stereocenters. The van der Waals surface area contributed by atoms with Crippen molar-refractivity contribution in [1.82, 2.24) is 0 Å². The van der Waals surface area contributed by atoms with E-state index in [2.05, 4.69) is 42.3 Å². The van der Waals surface area contributed by atoms with Crippen LogP contribution in [0.25, 0.3) is 0 Å². The smallest absolute Gasteiger partial charge is 0.160 e. The molecule has 1 aliphatic rings. The molecule has 0 radical (unpaired) electrons. The summed E-state index contributed by atoms with van der Waals surface area (Å²) in [6.45, 7) is 0. The fraction of sp³-hybridized carbons (Fsp3) is 0.154. The van der Waals surface area contributed by atoms with Crippen LogP contribution in [0.4, 0.5) is 5.69 Å². The fourth-order valence-corrected chi connectivity index (χ4v) is 4.32. The van der Waals surface area contributed by atoms with Crippen LogP contribution in [-0.4, -0.2) is 13.3 Å². The predicted octanol–water partition coefficient (Wildman–Crippen LogP) is 3.80. The highest BCUT2D eigenvalue weighted by molar-refractivity contribution is 8.00. The lowest BCUT2D eigenvalue weighted by Crippen LogP contribution is -2.15. The quantitative estimate of drug-likeness (QED) is 0.767. The van der Waals surface area contributed by atoms with Gasteiger partial charge in [-0.15, -0.1) is 11.3 Å². The van der Waals surface area contributed by atoms with Crippen LogP contribution in [0.1, 0.15) is 19.9 Å². The van der Waals surface area contributed by atoms with Crippen molar-refractivity contribution in [2.45, 2.75) is 10.3 Å². The molecule has 0 bridgehead atoms. The van der Waals surface area contributed by atoms with Crippen LogP contribution in [0.15, 0.2) is 41.3 Å². The second-order valence-electron chi connectivity index (χ2n) is 3.91. The van der Waals surface area contributed by atoms with E-state index in [1.807, 2.05) is 17.8 Å². The average Bonchev–Trinajstić information content (AvgIpc) is 2.95. The van der Waals surface area contributed by atoms with E-state index in [9.17, 15) is 4.79 Å². The zero-order chi connectivity index (χ0) is 11.8. The molecule has 1 aromatic heterocycles. The number of rotatable bonds is 2. The molecule has 17 heavy (non-hydrogen) atoms. The van der Waals surface area contributed by atoms with Crippen molar-refractivity contribution in [2.75, 3.05) is 11.9 Å². The first-order chi connectivity index (χ1) is 8.29. The molecule has 0 amide bonds. The Kier molecular flexibility index (Phi) is 2.68. The number of anilines is 1. The van der Waals surface area contributed by atoms with Crippen LogP contribution in [-0.2, 0) is 0 Å². The van der Waals surface area contributed by atoms with Crippen LogP contribution in [0, 0.1) is 0 Å². The molecule has 1 aromatic carbocycles. The summed E-state index contributed by atoms with van der Waals surface area (Å²) in [5.41, 5.74) is 1.27. The molecule has 2 heterocycles. The van der Waals surface area contributed by atoms with Gasteiger partial charge >= 0.3 is 0 Å². The summed E-state index contributed by atoms with van der Waals surface area (Å²) < 4.78 is 0. The minimum absolute atomic E-state index is 0.297. The molecule has 0 saturated heterocycles. The molecule has 4 heteroatoms. The molecule has 1 aliphatic heterocycles. The summed E-state index contributed by atoms with van der Waals surface area (Å²) in [6.07, 6.45) is 0.918. The molecule has 86 valence electrons. The van der Waals surface area contributed by atoms with Gasteiger partial charge in [-0.1, -0.05) is 23.9 Å². The van der Waals surface area contributed by atoms with Gasteiger partial charge < -0.3 is 4.90 Å². The van der Waals surface area contributed by atoms with Crippen molar-refractivity contribution < 1.29 is 4.79 Å². The van der Waals surface area contributed by atoms with Gasteiger partial charge in [0, 0.05) is 16.8 Å². The number of thiophene rings is 1. The molecule has 0 fully saturated rings. The van der Waals surface area contributed by atoms with Crippen LogP contribution >= 0.6 is 23.1 Å². The maximum absolute atomic E-state index is 10.7. The third kappa shape index (κ3) is 1.77. The summed E-state index contributed by atoms with van der Waals surface area (Å²) in [5, 5.41) is 0.297. The molecular weight excluding hydrogens is 250 g/mol. The van der Waals surface area contributed by atoms with Crippen molar-refractivity contribution in [3.8, 4) is 0 Å². The zero-order valence-corrected chi connectivity index (χ0v) is 10.9. The van der Waals surface area contributed by atoms with Crippen LogP contribution in [0.3, 0.4) is 0 Å². The first-order valence-corrected chi connectivity index (χ1v) is 7.02. The molecule has 0 N–H and O–H groups in total. The fourth-order valence-electron chi connectivity index (χ4n) is 1.99. The van der Waals surface area contributed by atoms with E-state index >= 15 is 0 Å². The number of carbonyl (C=O) groups is 1. The number of hydrogen-bond acceptors (Lipinski definition) is 4. The van der Waals surface area contributed by atoms with Gasteiger partial charge in [0.15, 0.2) is 6.29 Å². The molecule has 2 nitrogen and oxygen atoms in total. The average molecular weight is 261 g/mol. The monoisotopic (exact) mass is 261 g/mol. The van der Waals surface area contributed by atoms with Crippen molar-refractivity contribution in [3.05, 3.63) is 46.2 Å². The summed E-state index contributed by atoms with van der Waals surface area (Å²) in [4.78, 5) is 16.3. The van der Waals surface area contributed by atoms with E-state index in [0.717, 1.165) is 11.2 Å². The SMILES string of the molecule is CN1c2ccccc2SC1c1ccc(C=O)s1. The van der Waals surface area contributed by atoms with Crippen LogP contribution in [0.2, 0.25) is 0 Å². The van der Waals surface area contributed by atoms with E-state index in [1.165, 1.54) is 15.5 Å². The van der Waals surface area contributed by atoms with E-state index in [-0.39, 0.29) is 0 Å². The highest BCUT2D eigenvalue weighted by Gasteiger charge is 2.29. The first-order valence-electron chi connectivity index (χ1n) is 5.33. The van der Waals surface area contributed by atoms with Gasteiger partial charge in [0.2, 0.25) is 0 Å². The summed E-state index contributed by atoms with van der Waals surface area (Å²) in [6, 6.07) is 12.3. The molecule has 0 spiro atoms. The van der Waals surface area contributed by atoms with Gasteiger partial charge in [0.05, 0.1) is 10.6 Å². The number of nitrogens with zero attached hydrogens (tertiary/aromatic N) is 1. The highest BCUT2D eigenvalue weighted by Crippen LogP contribution is 2.51. The predicted molar refractivity (Wildman–Crippen MR) is 73.1 cm³/mol. The van der Waals surface area contributed by atoms with Gasteiger partial charge in [-0.05, 0) is 24.3 Å². The van der Waals surface area contributed by atoms with Gasteiger partial charge in [-0.3, -0.25) is 4.79 Å². The summed E-state index contributed by atoms with van der Waals surface area (Å²) in [5.74, 6) is 0. The number of benzene rings is 1. The second kappa shape index (κ2) is 4.20. The molecule has 3 rings (SSSR count). The Bertz CT molecular complexity index is 564. The zero-order valence-electron chi connectivity index (χ0n) is 9.29. The largest absolute Gasteiger partial charge is 0.357 e. The maximum Gasteiger partial charge on any atom is 0.160 e. The minimum atomic E-state index is 0.297. The summed E-state index contributed by atoms with van der Waals surface area (Å²) >= 11 is 3.42.